The van der Waals surface area contributed by atoms with Crippen molar-refractivity contribution in [3.8, 4) is 0 Å². The summed E-state index contributed by atoms with van der Waals surface area (Å²) in [4.78, 5) is 23.6. The predicted octanol–water partition coefficient (Wildman–Crippen LogP) is 1.82. The Hall–Kier alpha value is -3.43. The monoisotopic (exact) mass is 399 g/mol. The van der Waals surface area contributed by atoms with E-state index in [4.69, 9.17) is 5.11 Å². The summed E-state index contributed by atoms with van der Waals surface area (Å²) in [6, 6.07) is 1.56. The molecule has 0 saturated carbocycles. The highest BCUT2D eigenvalue weighted by atomic mass is 16.4. The maximum Gasteiger partial charge on any atom is 0.305 e. The molecule has 3 aromatic heterocycles. The first-order valence-electron chi connectivity index (χ1n) is 9.27. The number of hydrogen-bond donors (Lipinski definition) is 2. The fraction of sp³-hybridized carbons (Fsp3) is 0.421. The van der Waals surface area contributed by atoms with Gasteiger partial charge in [0, 0.05) is 24.5 Å². The lowest BCUT2D eigenvalue weighted by Gasteiger charge is -2.09. The highest BCUT2D eigenvalue weighted by molar-refractivity contribution is 6.03. The van der Waals surface area contributed by atoms with E-state index in [1.54, 1.807) is 6.07 Å². The molecule has 10 heteroatoms. The van der Waals surface area contributed by atoms with E-state index >= 15 is 0 Å². The summed E-state index contributed by atoms with van der Waals surface area (Å²) < 4.78 is 5.09. The number of carboxylic acids is 1. The Morgan fingerprint density at radius 3 is 2.41 bits per heavy atom. The van der Waals surface area contributed by atoms with Crippen LogP contribution < -0.4 is 5.32 Å². The molecule has 0 unspecified atom stereocenters. The van der Waals surface area contributed by atoms with Crippen molar-refractivity contribution in [3.05, 3.63) is 46.3 Å². The number of carboxylic acid groups (broad SMARTS) is 1. The number of rotatable bonds is 7. The Morgan fingerprint density at radius 2 is 1.79 bits per heavy atom. The topological polar surface area (TPSA) is 120 Å². The van der Waals surface area contributed by atoms with Crippen LogP contribution in [0.5, 0.6) is 0 Å². The van der Waals surface area contributed by atoms with Crippen molar-refractivity contribution < 1.29 is 14.7 Å². The molecule has 0 saturated heterocycles. The number of hydrogen-bond acceptors (Lipinski definition) is 5. The fourth-order valence-corrected chi connectivity index (χ4v) is 3.31. The molecular weight excluding hydrogens is 374 g/mol. The van der Waals surface area contributed by atoms with Crippen molar-refractivity contribution in [1.29, 1.82) is 0 Å². The lowest BCUT2D eigenvalue weighted by atomic mass is 10.2. The first kappa shape index (κ1) is 20.3. The molecule has 0 radical (unpaired) electrons. The van der Waals surface area contributed by atoms with Gasteiger partial charge in [0.1, 0.15) is 5.69 Å². The van der Waals surface area contributed by atoms with Crippen LogP contribution in [0.2, 0.25) is 0 Å². The van der Waals surface area contributed by atoms with Crippen LogP contribution in [0.1, 0.15) is 45.2 Å². The molecule has 3 aromatic rings. The Balaban J connectivity index is 1.81. The third-order valence-corrected chi connectivity index (χ3v) is 5.07. The Morgan fingerprint density at radius 1 is 1.07 bits per heavy atom. The number of carbonyl (C=O) groups excluding carboxylic acids is 1. The van der Waals surface area contributed by atoms with E-state index in [-0.39, 0.29) is 18.9 Å². The van der Waals surface area contributed by atoms with E-state index in [1.807, 2.05) is 44.1 Å². The molecule has 29 heavy (non-hydrogen) atoms. The molecule has 10 nitrogen and oxygen atoms in total. The van der Waals surface area contributed by atoms with Gasteiger partial charge in [-0.05, 0) is 33.8 Å². The van der Waals surface area contributed by atoms with Gasteiger partial charge in [-0.2, -0.15) is 15.3 Å². The van der Waals surface area contributed by atoms with E-state index in [1.165, 1.54) is 10.9 Å². The predicted molar refractivity (Wildman–Crippen MR) is 106 cm³/mol. The van der Waals surface area contributed by atoms with Crippen LogP contribution in [0.25, 0.3) is 0 Å². The molecular formula is C19H25N7O3. The van der Waals surface area contributed by atoms with Gasteiger partial charge >= 0.3 is 5.97 Å². The van der Waals surface area contributed by atoms with Crippen molar-refractivity contribution in [3.63, 3.8) is 0 Å². The minimum Gasteiger partial charge on any atom is -0.481 e. The first-order valence-corrected chi connectivity index (χ1v) is 9.27. The molecule has 154 valence electrons. The Labute approximate surface area is 168 Å². The zero-order valence-electron chi connectivity index (χ0n) is 17.2. The minimum atomic E-state index is -0.944. The zero-order chi connectivity index (χ0) is 21.3. The third kappa shape index (κ3) is 4.05. The van der Waals surface area contributed by atoms with Crippen LogP contribution in [-0.2, 0) is 24.9 Å². The number of aliphatic carboxylic acids is 1. The zero-order valence-corrected chi connectivity index (χ0v) is 17.2. The average molecular weight is 399 g/mol. The van der Waals surface area contributed by atoms with Gasteiger partial charge < -0.3 is 10.4 Å². The molecule has 2 N–H and O–H groups in total. The summed E-state index contributed by atoms with van der Waals surface area (Å²) in [7, 11) is 1.91. The third-order valence-electron chi connectivity index (χ3n) is 5.07. The van der Waals surface area contributed by atoms with Gasteiger partial charge in [0.05, 0.1) is 42.3 Å². The van der Waals surface area contributed by atoms with Crippen molar-refractivity contribution in [2.45, 2.75) is 47.2 Å². The van der Waals surface area contributed by atoms with Crippen molar-refractivity contribution in [2.24, 2.45) is 7.05 Å². The molecule has 0 aliphatic carbocycles. The number of aryl methyl sites for hydroxylation is 4. The summed E-state index contributed by atoms with van der Waals surface area (Å²) in [6.07, 6.45) is 1.37. The molecule has 3 rings (SSSR count). The maximum atomic E-state index is 12.8. The molecule has 3 heterocycles. The highest BCUT2D eigenvalue weighted by Crippen LogP contribution is 2.23. The van der Waals surface area contributed by atoms with E-state index in [9.17, 15) is 9.59 Å². The van der Waals surface area contributed by atoms with Crippen LogP contribution in [0.15, 0.2) is 12.3 Å². The largest absolute Gasteiger partial charge is 0.481 e. The van der Waals surface area contributed by atoms with Crippen LogP contribution in [-0.4, -0.2) is 46.3 Å². The number of nitrogens with zero attached hydrogens (tertiary/aromatic N) is 6. The van der Waals surface area contributed by atoms with E-state index < -0.39 is 5.97 Å². The van der Waals surface area contributed by atoms with Gasteiger partial charge in [0.15, 0.2) is 0 Å². The number of amides is 1. The number of nitrogens with one attached hydrogen (secondary N) is 1. The quantitative estimate of drug-likeness (QED) is 0.625. The minimum absolute atomic E-state index is 0.109. The fourth-order valence-electron chi connectivity index (χ4n) is 3.31. The van der Waals surface area contributed by atoms with Crippen LogP contribution >= 0.6 is 0 Å². The molecule has 1 amide bonds. The molecule has 0 aliphatic rings. The SMILES string of the molecule is Cc1nn(C)c(C)c1Cn1nc(C)c(NC(=O)c2ccnn2CCC(=O)O)c1C. The van der Waals surface area contributed by atoms with Gasteiger partial charge in [0.25, 0.3) is 5.91 Å². The van der Waals surface area contributed by atoms with Gasteiger partial charge in [0.2, 0.25) is 0 Å². The smallest absolute Gasteiger partial charge is 0.305 e. The van der Waals surface area contributed by atoms with Crippen LogP contribution in [0.4, 0.5) is 5.69 Å². The van der Waals surface area contributed by atoms with Crippen molar-refractivity contribution in [2.75, 3.05) is 5.32 Å². The number of aromatic nitrogens is 6. The Bertz CT molecular complexity index is 1070. The lowest BCUT2D eigenvalue weighted by Crippen LogP contribution is -2.19. The average Bonchev–Trinajstić information content (AvgIpc) is 3.29. The molecule has 0 aliphatic heterocycles. The summed E-state index contributed by atoms with van der Waals surface area (Å²) in [5.74, 6) is -1.30. The van der Waals surface area contributed by atoms with E-state index in [0.717, 1.165) is 22.6 Å². The molecule has 0 spiro atoms. The summed E-state index contributed by atoms with van der Waals surface area (Å²) in [5, 5.41) is 24.8. The maximum absolute atomic E-state index is 12.8. The highest BCUT2D eigenvalue weighted by Gasteiger charge is 2.19. The molecule has 0 aromatic carbocycles. The standard InChI is InChI=1S/C19H25N7O3/c1-11-15(13(3)24(5)22-11)10-26-14(4)18(12(2)23-26)21-19(29)16-6-8-20-25(16)9-7-17(27)28/h6,8H,7,9-10H2,1-5H3,(H,21,29)(H,27,28). The first-order chi connectivity index (χ1) is 13.7. The van der Waals surface area contributed by atoms with E-state index in [0.29, 0.717) is 23.6 Å². The van der Waals surface area contributed by atoms with Crippen molar-refractivity contribution in [1.82, 2.24) is 29.3 Å². The normalized spacial score (nSPS) is 11.1. The second-order valence-corrected chi connectivity index (χ2v) is 7.01. The van der Waals surface area contributed by atoms with E-state index in [2.05, 4.69) is 20.6 Å². The van der Waals surface area contributed by atoms with Gasteiger partial charge in [-0.15, -0.1) is 0 Å². The summed E-state index contributed by atoms with van der Waals surface area (Å²) >= 11 is 0. The lowest BCUT2D eigenvalue weighted by molar-refractivity contribution is -0.137. The summed E-state index contributed by atoms with van der Waals surface area (Å²) in [6.45, 7) is 8.41. The Kier molecular flexibility index (Phi) is 5.53. The van der Waals surface area contributed by atoms with Crippen LogP contribution in [0.3, 0.4) is 0 Å². The molecule has 0 fully saturated rings. The second-order valence-electron chi connectivity index (χ2n) is 7.01. The molecule has 0 atom stereocenters. The number of anilines is 1. The number of carbonyl (C=O) groups is 2. The van der Waals surface area contributed by atoms with Gasteiger partial charge in [-0.1, -0.05) is 0 Å². The van der Waals surface area contributed by atoms with Crippen molar-refractivity contribution >= 4 is 17.6 Å². The van der Waals surface area contributed by atoms with Crippen LogP contribution in [0, 0.1) is 27.7 Å². The van der Waals surface area contributed by atoms with Gasteiger partial charge in [-0.3, -0.25) is 23.6 Å². The van der Waals surface area contributed by atoms with Gasteiger partial charge in [-0.25, -0.2) is 0 Å². The second kappa shape index (κ2) is 7.90. The molecule has 0 bridgehead atoms. The summed E-state index contributed by atoms with van der Waals surface area (Å²) in [5.41, 5.74) is 5.59.